The van der Waals surface area contributed by atoms with E-state index in [9.17, 15) is 13.2 Å². The number of sulfonamides is 1. The molecule has 1 aliphatic rings. The zero-order valence-corrected chi connectivity index (χ0v) is 19.0. The van der Waals surface area contributed by atoms with Gasteiger partial charge >= 0.3 is 0 Å². The van der Waals surface area contributed by atoms with Gasteiger partial charge in [0.2, 0.25) is 17.6 Å². The predicted octanol–water partition coefficient (Wildman–Crippen LogP) is 3.17. The van der Waals surface area contributed by atoms with Crippen molar-refractivity contribution in [2.24, 2.45) is 5.92 Å². The zero-order valence-electron chi connectivity index (χ0n) is 17.4. The number of carbonyl (C=O) groups is 1. The lowest BCUT2D eigenvalue weighted by Crippen LogP contribution is -2.43. The number of rotatable bonds is 6. The summed E-state index contributed by atoms with van der Waals surface area (Å²) in [5.74, 6) is 0.698. The van der Waals surface area contributed by atoms with E-state index in [1.165, 1.54) is 4.31 Å². The van der Waals surface area contributed by atoms with E-state index in [2.05, 4.69) is 10.1 Å². The SMILES string of the molecule is Cc1nc(-c2csc(S(=O)(=O)N3CCC(C(=O)N(C)Cc4ccccc4)CC3)c2)no1. The molecule has 10 heteroatoms. The number of aryl methyl sites for hydroxylation is 1. The van der Waals surface area contributed by atoms with Crippen molar-refractivity contribution in [3.63, 3.8) is 0 Å². The molecule has 1 aromatic carbocycles. The third-order valence-corrected chi connectivity index (χ3v) is 8.71. The van der Waals surface area contributed by atoms with Crippen LogP contribution in [0.1, 0.15) is 24.3 Å². The van der Waals surface area contributed by atoms with Gasteiger partial charge in [0, 0.05) is 50.5 Å². The Balaban J connectivity index is 1.37. The van der Waals surface area contributed by atoms with Crippen molar-refractivity contribution < 1.29 is 17.7 Å². The predicted molar refractivity (Wildman–Crippen MR) is 117 cm³/mol. The Morgan fingerprint density at radius 2 is 1.97 bits per heavy atom. The molecule has 0 N–H and O–H groups in total. The first kappa shape index (κ1) is 21.7. The van der Waals surface area contributed by atoms with E-state index in [-0.39, 0.29) is 16.0 Å². The van der Waals surface area contributed by atoms with E-state index < -0.39 is 10.0 Å². The van der Waals surface area contributed by atoms with E-state index in [4.69, 9.17) is 4.52 Å². The zero-order chi connectivity index (χ0) is 22.0. The van der Waals surface area contributed by atoms with Gasteiger partial charge in [-0.2, -0.15) is 9.29 Å². The lowest BCUT2D eigenvalue weighted by Gasteiger charge is -2.32. The van der Waals surface area contributed by atoms with Gasteiger partial charge in [0.05, 0.1) is 0 Å². The van der Waals surface area contributed by atoms with Crippen molar-refractivity contribution >= 4 is 27.3 Å². The summed E-state index contributed by atoms with van der Waals surface area (Å²) in [5, 5.41) is 5.55. The van der Waals surface area contributed by atoms with Crippen molar-refractivity contribution in [1.29, 1.82) is 0 Å². The van der Waals surface area contributed by atoms with Gasteiger partial charge in [0.1, 0.15) is 4.21 Å². The molecule has 1 amide bonds. The number of benzene rings is 1. The second-order valence-electron chi connectivity index (χ2n) is 7.65. The summed E-state index contributed by atoms with van der Waals surface area (Å²) in [6, 6.07) is 11.4. The molecule has 0 unspecified atom stereocenters. The highest BCUT2D eigenvalue weighted by Gasteiger charge is 2.34. The summed E-state index contributed by atoms with van der Waals surface area (Å²) >= 11 is 1.14. The number of thiophene rings is 1. The second kappa shape index (κ2) is 8.89. The molecule has 1 aliphatic heterocycles. The Kier molecular flexibility index (Phi) is 6.22. The van der Waals surface area contributed by atoms with Crippen molar-refractivity contribution in [2.45, 2.75) is 30.5 Å². The van der Waals surface area contributed by atoms with Crippen LogP contribution >= 0.6 is 11.3 Å². The minimum atomic E-state index is -3.62. The summed E-state index contributed by atoms with van der Waals surface area (Å²) in [5.41, 5.74) is 1.69. The fraction of sp³-hybridized carbons (Fsp3) is 0.381. The fourth-order valence-electron chi connectivity index (χ4n) is 3.70. The van der Waals surface area contributed by atoms with Gasteiger partial charge in [0.25, 0.3) is 10.0 Å². The molecule has 1 saturated heterocycles. The van der Waals surface area contributed by atoms with Gasteiger partial charge in [-0.05, 0) is 24.5 Å². The first-order chi connectivity index (χ1) is 14.8. The van der Waals surface area contributed by atoms with Crippen LogP contribution in [0.15, 0.2) is 50.5 Å². The largest absolute Gasteiger partial charge is 0.341 e. The van der Waals surface area contributed by atoms with Crippen molar-refractivity contribution in [1.82, 2.24) is 19.3 Å². The number of hydrogen-bond donors (Lipinski definition) is 0. The normalized spacial score (nSPS) is 15.8. The number of aromatic nitrogens is 2. The molecule has 164 valence electrons. The molecule has 4 rings (SSSR count). The Labute approximate surface area is 185 Å². The van der Waals surface area contributed by atoms with Crippen molar-refractivity contribution in [3.8, 4) is 11.4 Å². The highest BCUT2D eigenvalue weighted by molar-refractivity contribution is 7.91. The molecular formula is C21H24N4O4S2. The lowest BCUT2D eigenvalue weighted by molar-refractivity contribution is -0.135. The summed E-state index contributed by atoms with van der Waals surface area (Å²) in [7, 11) is -1.82. The van der Waals surface area contributed by atoms with E-state index in [1.807, 2.05) is 30.3 Å². The fourth-order valence-corrected chi connectivity index (χ4v) is 6.48. The topological polar surface area (TPSA) is 96.6 Å². The third-order valence-electron chi connectivity index (χ3n) is 5.40. The monoisotopic (exact) mass is 460 g/mol. The molecule has 3 aromatic rings. The molecule has 0 saturated carbocycles. The molecular weight excluding hydrogens is 436 g/mol. The third kappa shape index (κ3) is 4.70. The Morgan fingerprint density at radius 1 is 1.26 bits per heavy atom. The Hall–Kier alpha value is -2.56. The van der Waals surface area contributed by atoms with Crippen LogP contribution in [0.4, 0.5) is 0 Å². The van der Waals surface area contributed by atoms with Gasteiger partial charge in [-0.15, -0.1) is 11.3 Å². The Morgan fingerprint density at radius 3 is 2.61 bits per heavy atom. The van der Waals surface area contributed by atoms with Crippen molar-refractivity contribution in [3.05, 3.63) is 53.2 Å². The van der Waals surface area contributed by atoms with Crippen LogP contribution in [0.2, 0.25) is 0 Å². The van der Waals surface area contributed by atoms with E-state index in [0.29, 0.717) is 49.8 Å². The molecule has 31 heavy (non-hydrogen) atoms. The number of piperidine rings is 1. The molecule has 1 fully saturated rings. The molecule has 0 atom stereocenters. The standard InChI is InChI=1S/C21H24N4O4S2/c1-15-22-20(23-29-15)18-12-19(30-14-18)31(27,28)25-10-8-17(9-11-25)21(26)24(2)13-16-6-4-3-5-7-16/h3-7,12,14,17H,8-11,13H2,1-2H3. The quantitative estimate of drug-likeness (QED) is 0.561. The van der Waals surface area contributed by atoms with Crippen LogP contribution < -0.4 is 0 Å². The van der Waals surface area contributed by atoms with Gasteiger partial charge in [-0.25, -0.2) is 8.42 Å². The minimum absolute atomic E-state index is 0.0618. The van der Waals surface area contributed by atoms with Gasteiger partial charge in [-0.3, -0.25) is 4.79 Å². The van der Waals surface area contributed by atoms with E-state index in [0.717, 1.165) is 16.9 Å². The average molecular weight is 461 g/mol. The first-order valence-corrected chi connectivity index (χ1v) is 12.3. The van der Waals surface area contributed by atoms with Crippen LogP contribution in [0.25, 0.3) is 11.4 Å². The summed E-state index contributed by atoms with van der Waals surface area (Å²) < 4.78 is 32.8. The maximum absolute atomic E-state index is 13.1. The summed E-state index contributed by atoms with van der Waals surface area (Å²) in [4.78, 5) is 18.7. The molecule has 0 spiro atoms. The van der Waals surface area contributed by atoms with Crippen LogP contribution in [0.5, 0.6) is 0 Å². The first-order valence-electron chi connectivity index (χ1n) is 10.0. The van der Waals surface area contributed by atoms with Crippen LogP contribution in [0.3, 0.4) is 0 Å². The molecule has 2 aromatic heterocycles. The molecule has 0 radical (unpaired) electrons. The maximum Gasteiger partial charge on any atom is 0.252 e. The van der Waals surface area contributed by atoms with Crippen molar-refractivity contribution in [2.75, 3.05) is 20.1 Å². The number of carbonyl (C=O) groups excluding carboxylic acids is 1. The average Bonchev–Trinajstić information content (AvgIpc) is 3.43. The van der Waals surface area contributed by atoms with Crippen LogP contribution in [-0.2, 0) is 21.4 Å². The Bertz CT molecular complexity index is 1150. The minimum Gasteiger partial charge on any atom is -0.341 e. The molecule has 8 nitrogen and oxygen atoms in total. The number of amides is 1. The molecule has 0 aliphatic carbocycles. The van der Waals surface area contributed by atoms with Gasteiger partial charge < -0.3 is 9.42 Å². The smallest absolute Gasteiger partial charge is 0.252 e. The highest BCUT2D eigenvalue weighted by atomic mass is 32.2. The molecule has 3 heterocycles. The lowest BCUT2D eigenvalue weighted by atomic mass is 9.96. The second-order valence-corrected chi connectivity index (χ2v) is 10.7. The van der Waals surface area contributed by atoms with Gasteiger partial charge in [-0.1, -0.05) is 35.5 Å². The molecule has 0 bridgehead atoms. The van der Waals surface area contributed by atoms with E-state index in [1.54, 1.807) is 30.3 Å². The summed E-state index contributed by atoms with van der Waals surface area (Å²) in [6.45, 7) is 2.88. The summed E-state index contributed by atoms with van der Waals surface area (Å²) in [6.07, 6.45) is 1.03. The van der Waals surface area contributed by atoms with Crippen LogP contribution in [0, 0.1) is 12.8 Å². The number of hydrogen-bond acceptors (Lipinski definition) is 7. The number of nitrogens with zero attached hydrogens (tertiary/aromatic N) is 4. The van der Waals surface area contributed by atoms with Crippen LogP contribution in [-0.4, -0.2) is 53.8 Å². The van der Waals surface area contributed by atoms with E-state index >= 15 is 0 Å². The van der Waals surface area contributed by atoms with Gasteiger partial charge in [0.15, 0.2) is 0 Å². The maximum atomic E-state index is 13.1. The highest BCUT2D eigenvalue weighted by Crippen LogP contribution is 2.31.